The van der Waals surface area contributed by atoms with Crippen molar-refractivity contribution in [3.63, 3.8) is 0 Å². The van der Waals surface area contributed by atoms with Crippen molar-refractivity contribution >= 4 is 21.4 Å². The lowest BCUT2D eigenvalue weighted by molar-refractivity contribution is -0.387. The van der Waals surface area contributed by atoms with Crippen molar-refractivity contribution < 1.29 is 13.3 Å². The van der Waals surface area contributed by atoms with Crippen LogP contribution >= 0.6 is 0 Å². The summed E-state index contributed by atoms with van der Waals surface area (Å²) < 4.78 is 27.1. The molecule has 2 N–H and O–H groups in total. The number of nitro benzene ring substituents is 1. The van der Waals surface area contributed by atoms with Crippen molar-refractivity contribution in [2.24, 2.45) is 5.41 Å². The first kappa shape index (κ1) is 15.7. The summed E-state index contributed by atoms with van der Waals surface area (Å²) >= 11 is 0. The summed E-state index contributed by atoms with van der Waals surface area (Å²) in [6.45, 7) is 2.35. The summed E-state index contributed by atoms with van der Waals surface area (Å²) in [6, 6.07) is 3.99. The number of anilines is 1. The molecule has 1 saturated carbocycles. The van der Waals surface area contributed by atoms with Gasteiger partial charge >= 0.3 is 0 Å². The Balaban J connectivity index is 2.28. The normalized spacial score (nSPS) is 16.5. The van der Waals surface area contributed by atoms with Gasteiger partial charge in [0.1, 0.15) is 0 Å². The van der Waals surface area contributed by atoms with Crippen LogP contribution in [0.4, 0.5) is 11.4 Å². The molecule has 1 fully saturated rings. The van der Waals surface area contributed by atoms with Crippen LogP contribution in [0, 0.1) is 15.5 Å². The Morgan fingerprint density at radius 2 is 2.05 bits per heavy atom. The molecule has 0 radical (unpaired) electrons. The van der Waals surface area contributed by atoms with Crippen LogP contribution in [0.2, 0.25) is 0 Å². The van der Waals surface area contributed by atoms with Crippen molar-refractivity contribution in [1.82, 2.24) is 4.72 Å². The fourth-order valence-electron chi connectivity index (χ4n) is 2.20. The molecule has 0 heterocycles. The molecule has 0 spiro atoms. The zero-order chi connectivity index (χ0) is 15.7. The maximum Gasteiger partial charge on any atom is 0.291 e. The van der Waals surface area contributed by atoms with E-state index in [9.17, 15) is 18.5 Å². The minimum absolute atomic E-state index is 0.0345. The molecule has 0 aromatic heterocycles. The molecule has 1 aliphatic carbocycles. The van der Waals surface area contributed by atoms with E-state index in [1.165, 1.54) is 18.2 Å². The van der Waals surface area contributed by atoms with Gasteiger partial charge in [0.05, 0.1) is 4.92 Å². The van der Waals surface area contributed by atoms with Gasteiger partial charge in [0.15, 0.2) is 4.90 Å². The van der Waals surface area contributed by atoms with Gasteiger partial charge in [-0.05, 0) is 36.8 Å². The third-order valence-electron chi connectivity index (χ3n) is 4.08. The van der Waals surface area contributed by atoms with Gasteiger partial charge in [-0.15, -0.1) is 0 Å². The van der Waals surface area contributed by atoms with Gasteiger partial charge in [0, 0.05) is 25.3 Å². The van der Waals surface area contributed by atoms with Crippen LogP contribution in [0.3, 0.4) is 0 Å². The second-order valence-corrected chi connectivity index (χ2v) is 7.10. The summed E-state index contributed by atoms with van der Waals surface area (Å²) in [5.74, 6) is 0. The van der Waals surface area contributed by atoms with Crippen LogP contribution < -0.4 is 10.0 Å². The van der Waals surface area contributed by atoms with Crippen LogP contribution in [-0.2, 0) is 10.0 Å². The smallest absolute Gasteiger partial charge is 0.291 e. The molecule has 2 rings (SSSR count). The average Bonchev–Trinajstić information content (AvgIpc) is 3.25. The van der Waals surface area contributed by atoms with E-state index in [0.717, 1.165) is 19.3 Å². The highest BCUT2D eigenvalue weighted by atomic mass is 32.2. The Morgan fingerprint density at radius 3 is 2.52 bits per heavy atom. The van der Waals surface area contributed by atoms with Crippen LogP contribution in [0.1, 0.15) is 26.2 Å². The van der Waals surface area contributed by atoms with Crippen molar-refractivity contribution in [3.05, 3.63) is 28.3 Å². The highest BCUT2D eigenvalue weighted by Crippen LogP contribution is 2.48. The van der Waals surface area contributed by atoms with E-state index in [0.29, 0.717) is 12.2 Å². The Morgan fingerprint density at radius 1 is 1.38 bits per heavy atom. The number of nitro groups is 1. The fourth-order valence-corrected chi connectivity index (χ4v) is 3.51. The second kappa shape index (κ2) is 5.61. The molecular formula is C13H19N3O4S. The lowest BCUT2D eigenvalue weighted by Crippen LogP contribution is -2.30. The summed E-state index contributed by atoms with van der Waals surface area (Å²) in [5.41, 5.74) is 0.107. The van der Waals surface area contributed by atoms with Crippen molar-refractivity contribution in [2.45, 2.75) is 31.1 Å². The van der Waals surface area contributed by atoms with Crippen LogP contribution in [-0.4, -0.2) is 26.9 Å². The van der Waals surface area contributed by atoms with Crippen molar-refractivity contribution in [2.75, 3.05) is 18.9 Å². The molecule has 0 aliphatic heterocycles. The van der Waals surface area contributed by atoms with Gasteiger partial charge in [-0.3, -0.25) is 10.1 Å². The Hall–Kier alpha value is -1.67. The van der Waals surface area contributed by atoms with E-state index in [1.807, 2.05) is 6.92 Å². The zero-order valence-electron chi connectivity index (χ0n) is 12.0. The molecule has 116 valence electrons. The molecular weight excluding hydrogens is 294 g/mol. The van der Waals surface area contributed by atoms with E-state index in [2.05, 4.69) is 10.0 Å². The lowest BCUT2D eigenvalue weighted by Gasteiger charge is -2.14. The standard InChI is InChI=1S/C13H19N3O4S/c1-3-13(6-7-13)9-15-21(19,20)12-5-4-10(14-2)8-11(12)16(17)18/h4-5,8,14-15H,3,6-7,9H2,1-2H3. The molecule has 7 nitrogen and oxygen atoms in total. The van der Waals surface area contributed by atoms with Gasteiger partial charge < -0.3 is 5.32 Å². The number of nitrogens with zero attached hydrogens (tertiary/aromatic N) is 1. The van der Waals surface area contributed by atoms with E-state index < -0.39 is 20.6 Å². The predicted octanol–water partition coefficient (Wildman–Crippen LogP) is 2.10. The number of benzene rings is 1. The van der Waals surface area contributed by atoms with E-state index in [-0.39, 0.29) is 10.3 Å². The van der Waals surface area contributed by atoms with Crippen LogP contribution in [0.25, 0.3) is 0 Å². The quantitative estimate of drug-likeness (QED) is 0.593. The first-order valence-corrected chi connectivity index (χ1v) is 8.28. The van der Waals surface area contributed by atoms with E-state index in [4.69, 9.17) is 0 Å². The number of hydrogen-bond acceptors (Lipinski definition) is 5. The summed E-state index contributed by atoms with van der Waals surface area (Å²) in [4.78, 5) is 10.1. The third-order valence-corrected chi connectivity index (χ3v) is 5.53. The van der Waals surface area contributed by atoms with Gasteiger partial charge in [-0.2, -0.15) is 0 Å². The fraction of sp³-hybridized carbons (Fsp3) is 0.538. The highest BCUT2D eigenvalue weighted by molar-refractivity contribution is 7.89. The number of nitrogens with one attached hydrogen (secondary N) is 2. The Labute approximate surface area is 123 Å². The van der Waals surface area contributed by atoms with E-state index in [1.54, 1.807) is 7.05 Å². The largest absolute Gasteiger partial charge is 0.388 e. The molecule has 0 atom stereocenters. The van der Waals surface area contributed by atoms with Crippen molar-refractivity contribution in [3.8, 4) is 0 Å². The molecule has 1 aliphatic rings. The summed E-state index contributed by atoms with van der Waals surface area (Å²) in [5, 5.41) is 13.8. The summed E-state index contributed by atoms with van der Waals surface area (Å²) in [7, 11) is -2.27. The minimum atomic E-state index is -3.88. The van der Waals surface area contributed by atoms with Crippen LogP contribution in [0.5, 0.6) is 0 Å². The zero-order valence-corrected chi connectivity index (χ0v) is 12.9. The third kappa shape index (κ3) is 3.33. The number of hydrogen-bond donors (Lipinski definition) is 2. The topological polar surface area (TPSA) is 101 Å². The Bertz CT molecular complexity index is 653. The maximum absolute atomic E-state index is 12.3. The molecule has 0 bridgehead atoms. The first-order chi connectivity index (χ1) is 9.83. The Kier molecular flexibility index (Phi) is 4.20. The maximum atomic E-state index is 12.3. The molecule has 0 saturated heterocycles. The summed E-state index contributed by atoms with van der Waals surface area (Å²) in [6.07, 6.45) is 2.88. The SMILES string of the molecule is CCC1(CNS(=O)(=O)c2ccc(NC)cc2[N+](=O)[O-])CC1. The van der Waals surface area contributed by atoms with Crippen LogP contribution in [0.15, 0.2) is 23.1 Å². The molecule has 8 heteroatoms. The average molecular weight is 313 g/mol. The molecule has 0 unspecified atom stereocenters. The van der Waals surface area contributed by atoms with Crippen molar-refractivity contribution in [1.29, 1.82) is 0 Å². The second-order valence-electron chi connectivity index (χ2n) is 5.37. The van der Waals surface area contributed by atoms with Gasteiger partial charge in [0.2, 0.25) is 10.0 Å². The first-order valence-electron chi connectivity index (χ1n) is 6.79. The molecule has 0 amide bonds. The molecule has 1 aromatic carbocycles. The minimum Gasteiger partial charge on any atom is -0.388 e. The van der Waals surface area contributed by atoms with Gasteiger partial charge in [-0.25, -0.2) is 13.1 Å². The predicted molar refractivity (Wildman–Crippen MR) is 79.8 cm³/mol. The number of rotatable bonds is 7. The lowest BCUT2D eigenvalue weighted by atomic mass is 10.1. The highest BCUT2D eigenvalue weighted by Gasteiger charge is 2.41. The van der Waals surface area contributed by atoms with E-state index >= 15 is 0 Å². The molecule has 21 heavy (non-hydrogen) atoms. The monoisotopic (exact) mass is 313 g/mol. The van der Waals surface area contributed by atoms with Gasteiger partial charge in [0.25, 0.3) is 5.69 Å². The molecule has 1 aromatic rings. The number of sulfonamides is 1. The van der Waals surface area contributed by atoms with Gasteiger partial charge in [-0.1, -0.05) is 6.92 Å².